The molecule has 1 atom stereocenters. The van der Waals surface area contributed by atoms with Crippen LogP contribution in [0.15, 0.2) is 30.3 Å². The first-order valence-corrected chi connectivity index (χ1v) is 6.51. The molecule has 0 bridgehead atoms. The third kappa shape index (κ3) is 3.19. The van der Waals surface area contributed by atoms with Crippen LogP contribution in [0.2, 0.25) is 9.36 Å². The van der Waals surface area contributed by atoms with Crippen molar-refractivity contribution >= 4 is 34.5 Å². The SMILES string of the molecule is OC(Cc1ccc(Cl)s1)c1ccc(Cl)cc1F. The Morgan fingerprint density at radius 3 is 2.59 bits per heavy atom. The normalized spacial score (nSPS) is 12.7. The molecule has 0 aliphatic carbocycles. The van der Waals surface area contributed by atoms with Crippen LogP contribution in [0, 0.1) is 5.82 Å². The van der Waals surface area contributed by atoms with Gasteiger partial charge in [0.2, 0.25) is 0 Å². The average Bonchev–Trinajstić information content (AvgIpc) is 2.63. The van der Waals surface area contributed by atoms with Crippen molar-refractivity contribution in [1.82, 2.24) is 0 Å². The molecule has 1 heterocycles. The van der Waals surface area contributed by atoms with Gasteiger partial charge in [0, 0.05) is 21.9 Å². The van der Waals surface area contributed by atoms with E-state index in [0.717, 1.165) is 4.88 Å². The van der Waals surface area contributed by atoms with Crippen LogP contribution < -0.4 is 0 Å². The number of rotatable bonds is 3. The highest BCUT2D eigenvalue weighted by Gasteiger charge is 2.14. The summed E-state index contributed by atoms with van der Waals surface area (Å²) in [6, 6.07) is 7.83. The van der Waals surface area contributed by atoms with Crippen molar-refractivity contribution in [2.45, 2.75) is 12.5 Å². The fraction of sp³-hybridized carbons (Fsp3) is 0.167. The van der Waals surface area contributed by atoms with Gasteiger partial charge in [-0.15, -0.1) is 11.3 Å². The van der Waals surface area contributed by atoms with Gasteiger partial charge < -0.3 is 5.11 Å². The van der Waals surface area contributed by atoms with E-state index >= 15 is 0 Å². The lowest BCUT2D eigenvalue weighted by molar-refractivity contribution is 0.174. The molecule has 0 saturated carbocycles. The molecular weight excluding hydrogens is 282 g/mol. The fourth-order valence-corrected chi connectivity index (χ4v) is 2.82. The molecule has 1 N–H and O–H groups in total. The second-order valence-corrected chi connectivity index (χ2v) is 5.83. The molecule has 0 amide bonds. The van der Waals surface area contributed by atoms with Crippen molar-refractivity contribution in [3.05, 3.63) is 55.9 Å². The standard InChI is InChI=1S/C12H9Cl2FOS/c13-7-1-3-9(10(15)5-7)11(16)6-8-2-4-12(14)17-8/h1-5,11,16H,6H2. The van der Waals surface area contributed by atoms with Crippen LogP contribution in [0.4, 0.5) is 4.39 Å². The fourth-order valence-electron chi connectivity index (χ4n) is 1.53. The van der Waals surface area contributed by atoms with Gasteiger partial charge in [-0.25, -0.2) is 4.39 Å². The third-order valence-electron chi connectivity index (χ3n) is 2.34. The lowest BCUT2D eigenvalue weighted by Crippen LogP contribution is -2.03. The molecule has 0 fully saturated rings. The second kappa shape index (κ2) is 5.36. The number of aliphatic hydroxyl groups is 1. The van der Waals surface area contributed by atoms with Crippen LogP contribution in [0.25, 0.3) is 0 Å². The summed E-state index contributed by atoms with van der Waals surface area (Å²) in [6.45, 7) is 0. The first-order chi connectivity index (χ1) is 8.06. The van der Waals surface area contributed by atoms with E-state index < -0.39 is 11.9 Å². The molecule has 2 rings (SSSR count). The van der Waals surface area contributed by atoms with Gasteiger partial charge in [-0.2, -0.15) is 0 Å². The van der Waals surface area contributed by atoms with Gasteiger partial charge >= 0.3 is 0 Å². The summed E-state index contributed by atoms with van der Waals surface area (Å²) < 4.78 is 14.2. The molecule has 5 heteroatoms. The zero-order valence-corrected chi connectivity index (χ0v) is 11.0. The largest absolute Gasteiger partial charge is 0.388 e. The second-order valence-electron chi connectivity index (χ2n) is 3.59. The molecule has 1 aromatic heterocycles. The van der Waals surface area contributed by atoms with Crippen molar-refractivity contribution in [2.75, 3.05) is 0 Å². The lowest BCUT2D eigenvalue weighted by Gasteiger charge is -2.10. The number of halogens is 3. The molecule has 17 heavy (non-hydrogen) atoms. The topological polar surface area (TPSA) is 20.2 Å². The highest BCUT2D eigenvalue weighted by atomic mass is 35.5. The molecule has 0 aliphatic heterocycles. The maximum atomic E-state index is 13.5. The highest BCUT2D eigenvalue weighted by molar-refractivity contribution is 7.16. The predicted molar refractivity (Wildman–Crippen MR) is 69.4 cm³/mol. The molecule has 2 aromatic rings. The van der Waals surface area contributed by atoms with Crippen LogP contribution in [0.3, 0.4) is 0 Å². The molecule has 1 aromatic carbocycles. The van der Waals surface area contributed by atoms with Gasteiger partial charge in [-0.3, -0.25) is 0 Å². The maximum Gasteiger partial charge on any atom is 0.130 e. The Bertz CT molecular complexity index is 527. The van der Waals surface area contributed by atoms with Crippen LogP contribution >= 0.6 is 34.5 Å². The molecule has 0 saturated heterocycles. The molecular formula is C12H9Cl2FOS. The molecule has 90 valence electrons. The summed E-state index contributed by atoms with van der Waals surface area (Å²) in [7, 11) is 0. The van der Waals surface area contributed by atoms with E-state index in [-0.39, 0.29) is 5.56 Å². The lowest BCUT2D eigenvalue weighted by atomic mass is 10.1. The zero-order chi connectivity index (χ0) is 12.4. The minimum atomic E-state index is -0.887. The minimum absolute atomic E-state index is 0.249. The van der Waals surface area contributed by atoms with Gasteiger partial charge in [-0.05, 0) is 24.3 Å². The van der Waals surface area contributed by atoms with Crippen molar-refractivity contribution in [3.8, 4) is 0 Å². The van der Waals surface area contributed by atoms with Crippen molar-refractivity contribution < 1.29 is 9.50 Å². The number of aliphatic hydroxyl groups excluding tert-OH is 1. The first-order valence-electron chi connectivity index (χ1n) is 4.93. The van der Waals surface area contributed by atoms with Crippen LogP contribution in [-0.2, 0) is 6.42 Å². The Morgan fingerprint density at radius 2 is 2.00 bits per heavy atom. The zero-order valence-electron chi connectivity index (χ0n) is 8.66. The quantitative estimate of drug-likeness (QED) is 0.884. The van der Waals surface area contributed by atoms with Crippen LogP contribution in [-0.4, -0.2) is 5.11 Å². The van der Waals surface area contributed by atoms with Crippen molar-refractivity contribution in [3.63, 3.8) is 0 Å². The van der Waals surface area contributed by atoms with Gasteiger partial charge in [0.15, 0.2) is 0 Å². The number of benzene rings is 1. The Morgan fingerprint density at radius 1 is 1.24 bits per heavy atom. The molecule has 0 spiro atoms. The average molecular weight is 291 g/mol. The smallest absolute Gasteiger partial charge is 0.130 e. The predicted octanol–water partition coefficient (Wildman–Crippen LogP) is 4.47. The maximum absolute atomic E-state index is 13.5. The van der Waals surface area contributed by atoms with E-state index in [9.17, 15) is 9.50 Å². The van der Waals surface area contributed by atoms with E-state index in [2.05, 4.69) is 0 Å². The summed E-state index contributed by atoms with van der Waals surface area (Å²) >= 11 is 12.8. The highest BCUT2D eigenvalue weighted by Crippen LogP contribution is 2.28. The number of hydrogen-bond donors (Lipinski definition) is 1. The van der Waals surface area contributed by atoms with Crippen molar-refractivity contribution in [1.29, 1.82) is 0 Å². The first kappa shape index (κ1) is 12.8. The Balaban J connectivity index is 2.17. The van der Waals surface area contributed by atoms with E-state index in [1.165, 1.54) is 23.5 Å². The minimum Gasteiger partial charge on any atom is -0.388 e. The summed E-state index contributed by atoms with van der Waals surface area (Å²) in [5.41, 5.74) is 0.249. The van der Waals surface area contributed by atoms with Gasteiger partial charge in [0.05, 0.1) is 10.4 Å². The summed E-state index contributed by atoms with van der Waals surface area (Å²) in [6.07, 6.45) is -0.544. The Labute approximate surface area is 112 Å². The Hall–Kier alpha value is -0.610. The van der Waals surface area contributed by atoms with Crippen LogP contribution in [0.1, 0.15) is 16.5 Å². The van der Waals surface area contributed by atoms with E-state index in [0.29, 0.717) is 15.8 Å². The summed E-state index contributed by atoms with van der Waals surface area (Å²) in [4.78, 5) is 0.914. The third-order valence-corrected chi connectivity index (χ3v) is 3.83. The summed E-state index contributed by atoms with van der Waals surface area (Å²) in [5.74, 6) is -0.493. The molecule has 1 nitrogen and oxygen atoms in total. The molecule has 1 unspecified atom stereocenters. The van der Waals surface area contributed by atoms with Gasteiger partial charge in [0.25, 0.3) is 0 Å². The molecule has 0 radical (unpaired) electrons. The van der Waals surface area contributed by atoms with E-state index in [4.69, 9.17) is 23.2 Å². The van der Waals surface area contributed by atoms with Crippen molar-refractivity contribution in [2.24, 2.45) is 0 Å². The molecule has 0 aliphatic rings. The van der Waals surface area contributed by atoms with Gasteiger partial charge in [0.1, 0.15) is 5.82 Å². The Kier molecular flexibility index (Phi) is 4.05. The van der Waals surface area contributed by atoms with E-state index in [1.807, 2.05) is 6.07 Å². The van der Waals surface area contributed by atoms with Crippen LogP contribution in [0.5, 0.6) is 0 Å². The monoisotopic (exact) mass is 290 g/mol. The number of thiophene rings is 1. The van der Waals surface area contributed by atoms with Gasteiger partial charge in [-0.1, -0.05) is 29.3 Å². The van der Waals surface area contributed by atoms with E-state index in [1.54, 1.807) is 12.1 Å². The summed E-state index contributed by atoms with van der Waals surface area (Å²) in [5, 5.41) is 10.3. The number of hydrogen-bond acceptors (Lipinski definition) is 2.